The fourth-order valence-electron chi connectivity index (χ4n) is 2.40. The molecule has 4 N–H and O–H groups in total. The minimum absolute atomic E-state index is 0.275. The first-order chi connectivity index (χ1) is 10.1. The van der Waals surface area contributed by atoms with Gasteiger partial charge in [0.1, 0.15) is 11.5 Å². The molecule has 1 aromatic rings. The molecule has 0 amide bonds. The topological polar surface area (TPSA) is 70.5 Å². The summed E-state index contributed by atoms with van der Waals surface area (Å²) in [5.74, 6) is 2.06. The molecule has 0 aliphatic carbocycles. The molecular formula is C16H27ClN2O2. The fourth-order valence-corrected chi connectivity index (χ4v) is 2.62. The van der Waals surface area contributed by atoms with Gasteiger partial charge in [-0.1, -0.05) is 18.5 Å². The smallest absolute Gasteiger partial charge is 0.141 e. The van der Waals surface area contributed by atoms with E-state index in [1.165, 1.54) is 0 Å². The first kappa shape index (κ1) is 18.1. The van der Waals surface area contributed by atoms with Crippen molar-refractivity contribution in [3.8, 4) is 11.5 Å². The van der Waals surface area contributed by atoms with Crippen LogP contribution in [0, 0.1) is 5.92 Å². The van der Waals surface area contributed by atoms with Crippen LogP contribution < -0.4 is 20.9 Å². The predicted octanol–water partition coefficient (Wildman–Crippen LogP) is 3.16. The monoisotopic (exact) mass is 314 g/mol. The molecule has 0 aliphatic heterocycles. The van der Waals surface area contributed by atoms with Crippen LogP contribution in [0.5, 0.6) is 11.5 Å². The first-order valence-corrected chi connectivity index (χ1v) is 7.94. The summed E-state index contributed by atoms with van der Waals surface area (Å²) in [4.78, 5) is 0. The number of ether oxygens (including phenoxy) is 2. The third-order valence-corrected chi connectivity index (χ3v) is 3.84. The van der Waals surface area contributed by atoms with Gasteiger partial charge in [-0.2, -0.15) is 0 Å². The van der Waals surface area contributed by atoms with Crippen LogP contribution in [0.4, 0.5) is 0 Å². The van der Waals surface area contributed by atoms with Crippen molar-refractivity contribution in [1.82, 2.24) is 0 Å². The zero-order valence-corrected chi connectivity index (χ0v) is 14.0. The Morgan fingerprint density at radius 2 is 1.62 bits per heavy atom. The molecule has 0 saturated heterocycles. The van der Waals surface area contributed by atoms with Crippen molar-refractivity contribution < 1.29 is 9.47 Å². The van der Waals surface area contributed by atoms with E-state index < -0.39 is 0 Å². The zero-order valence-electron chi connectivity index (χ0n) is 13.2. The Labute approximate surface area is 132 Å². The van der Waals surface area contributed by atoms with Crippen molar-refractivity contribution in [3.63, 3.8) is 0 Å². The van der Waals surface area contributed by atoms with Crippen LogP contribution in [-0.2, 0) is 0 Å². The number of hydrogen-bond donors (Lipinski definition) is 2. The molecule has 0 bridgehead atoms. The van der Waals surface area contributed by atoms with Gasteiger partial charge in [-0.25, -0.2) is 0 Å². The molecule has 1 atom stereocenters. The van der Waals surface area contributed by atoms with E-state index in [-0.39, 0.29) is 5.92 Å². The van der Waals surface area contributed by atoms with Crippen molar-refractivity contribution in [2.75, 3.05) is 26.3 Å². The van der Waals surface area contributed by atoms with E-state index in [2.05, 4.69) is 6.92 Å². The lowest BCUT2D eigenvalue weighted by Gasteiger charge is -2.22. The molecule has 0 heterocycles. The molecule has 21 heavy (non-hydrogen) atoms. The van der Waals surface area contributed by atoms with Gasteiger partial charge in [0.25, 0.3) is 0 Å². The van der Waals surface area contributed by atoms with Crippen LogP contribution in [0.15, 0.2) is 12.1 Å². The maximum Gasteiger partial charge on any atom is 0.141 e. The number of nitrogens with two attached hydrogens (primary N) is 2. The minimum atomic E-state index is 0.275. The molecule has 0 fully saturated rings. The SMILES string of the molecule is CCOc1cc(OCC)c(C(C)CC(CN)CN)cc1Cl. The van der Waals surface area contributed by atoms with E-state index in [0.29, 0.717) is 43.0 Å². The Hall–Kier alpha value is -0.970. The molecular weight excluding hydrogens is 288 g/mol. The highest BCUT2D eigenvalue weighted by Crippen LogP contribution is 2.38. The summed E-state index contributed by atoms with van der Waals surface area (Å²) in [5, 5.41) is 0.610. The highest BCUT2D eigenvalue weighted by molar-refractivity contribution is 6.32. The van der Waals surface area contributed by atoms with Crippen molar-refractivity contribution in [2.45, 2.75) is 33.1 Å². The molecule has 120 valence electrons. The van der Waals surface area contributed by atoms with Crippen molar-refractivity contribution in [3.05, 3.63) is 22.7 Å². The van der Waals surface area contributed by atoms with Crippen LogP contribution in [-0.4, -0.2) is 26.3 Å². The van der Waals surface area contributed by atoms with Crippen LogP contribution in [0.2, 0.25) is 5.02 Å². The minimum Gasteiger partial charge on any atom is -0.493 e. The van der Waals surface area contributed by atoms with Gasteiger partial charge in [-0.3, -0.25) is 0 Å². The normalized spacial score (nSPS) is 12.5. The number of hydrogen-bond acceptors (Lipinski definition) is 4. The van der Waals surface area contributed by atoms with E-state index in [1.54, 1.807) is 0 Å². The van der Waals surface area contributed by atoms with Crippen molar-refractivity contribution in [1.29, 1.82) is 0 Å². The molecule has 5 heteroatoms. The summed E-state index contributed by atoms with van der Waals surface area (Å²) < 4.78 is 11.3. The summed E-state index contributed by atoms with van der Waals surface area (Å²) in [7, 11) is 0. The Morgan fingerprint density at radius 1 is 1.05 bits per heavy atom. The van der Waals surface area contributed by atoms with Gasteiger partial charge in [0.2, 0.25) is 0 Å². The molecule has 0 spiro atoms. The summed E-state index contributed by atoms with van der Waals surface area (Å²) in [5.41, 5.74) is 12.6. The largest absolute Gasteiger partial charge is 0.493 e. The summed E-state index contributed by atoms with van der Waals surface area (Å²) >= 11 is 6.30. The Bertz CT molecular complexity index is 437. The molecule has 1 rings (SSSR count). The van der Waals surface area contributed by atoms with E-state index in [4.69, 9.17) is 32.5 Å². The highest BCUT2D eigenvalue weighted by atomic mass is 35.5. The van der Waals surface area contributed by atoms with Gasteiger partial charge in [0.05, 0.1) is 18.2 Å². The number of benzene rings is 1. The second-order valence-corrected chi connectivity index (χ2v) is 5.57. The second-order valence-electron chi connectivity index (χ2n) is 5.16. The predicted molar refractivity (Wildman–Crippen MR) is 88.4 cm³/mol. The molecule has 0 radical (unpaired) electrons. The number of rotatable bonds is 9. The first-order valence-electron chi connectivity index (χ1n) is 7.56. The fraction of sp³-hybridized carbons (Fsp3) is 0.625. The van der Waals surface area contributed by atoms with Crippen LogP contribution in [0.25, 0.3) is 0 Å². The van der Waals surface area contributed by atoms with Gasteiger partial charge in [0.15, 0.2) is 0 Å². The van der Waals surface area contributed by atoms with Gasteiger partial charge in [-0.15, -0.1) is 0 Å². The van der Waals surface area contributed by atoms with Crippen LogP contribution in [0.1, 0.15) is 38.7 Å². The molecule has 0 aliphatic rings. The van der Waals surface area contributed by atoms with Gasteiger partial charge in [0, 0.05) is 6.07 Å². The quantitative estimate of drug-likeness (QED) is 0.734. The average Bonchev–Trinajstić information content (AvgIpc) is 2.48. The molecule has 4 nitrogen and oxygen atoms in total. The van der Waals surface area contributed by atoms with E-state index in [1.807, 2.05) is 26.0 Å². The van der Waals surface area contributed by atoms with Gasteiger partial charge >= 0.3 is 0 Å². The van der Waals surface area contributed by atoms with Crippen LogP contribution >= 0.6 is 11.6 Å². The zero-order chi connectivity index (χ0) is 15.8. The Kier molecular flexibility index (Phi) is 7.86. The van der Waals surface area contributed by atoms with Crippen molar-refractivity contribution >= 4 is 11.6 Å². The summed E-state index contributed by atoms with van der Waals surface area (Å²) in [6.45, 7) is 8.40. The van der Waals surface area contributed by atoms with E-state index in [9.17, 15) is 0 Å². The Balaban J connectivity index is 3.05. The third kappa shape index (κ3) is 5.06. The maximum atomic E-state index is 6.30. The van der Waals surface area contributed by atoms with Crippen molar-refractivity contribution in [2.24, 2.45) is 17.4 Å². The standard InChI is InChI=1S/C16H27ClN2O2/c1-4-20-15-8-16(21-5-2)14(17)7-13(15)11(3)6-12(9-18)10-19/h7-8,11-12H,4-6,9-10,18-19H2,1-3H3. The van der Waals surface area contributed by atoms with E-state index in [0.717, 1.165) is 17.7 Å². The highest BCUT2D eigenvalue weighted by Gasteiger charge is 2.19. The molecule has 0 aromatic heterocycles. The number of halogens is 1. The maximum absolute atomic E-state index is 6.30. The van der Waals surface area contributed by atoms with Crippen LogP contribution in [0.3, 0.4) is 0 Å². The molecule has 1 unspecified atom stereocenters. The summed E-state index contributed by atoms with van der Waals surface area (Å²) in [6.07, 6.45) is 0.914. The average molecular weight is 315 g/mol. The second kappa shape index (κ2) is 9.13. The molecule has 1 aromatic carbocycles. The lowest BCUT2D eigenvalue weighted by molar-refractivity contribution is 0.318. The van der Waals surface area contributed by atoms with Gasteiger partial charge in [-0.05, 0) is 56.8 Å². The Morgan fingerprint density at radius 3 is 2.14 bits per heavy atom. The lowest BCUT2D eigenvalue weighted by atomic mass is 9.89. The lowest BCUT2D eigenvalue weighted by Crippen LogP contribution is -2.24. The van der Waals surface area contributed by atoms with Gasteiger partial charge < -0.3 is 20.9 Å². The van der Waals surface area contributed by atoms with E-state index >= 15 is 0 Å². The molecule has 0 saturated carbocycles. The third-order valence-electron chi connectivity index (χ3n) is 3.55. The summed E-state index contributed by atoms with van der Waals surface area (Å²) in [6, 6.07) is 3.81.